The van der Waals surface area contributed by atoms with E-state index in [9.17, 15) is 4.79 Å². The number of halogens is 1. The van der Waals surface area contributed by atoms with Gasteiger partial charge in [-0.15, -0.1) is 22.9 Å². The van der Waals surface area contributed by atoms with Gasteiger partial charge in [-0.3, -0.25) is 9.48 Å². The summed E-state index contributed by atoms with van der Waals surface area (Å²) in [4.78, 5) is 19.8. The Morgan fingerprint density at radius 3 is 3.06 bits per heavy atom. The van der Waals surface area contributed by atoms with Crippen LogP contribution in [0.15, 0.2) is 22.4 Å². The topological polar surface area (TPSA) is 63.6 Å². The lowest BCUT2D eigenvalue weighted by atomic mass is 10.2. The summed E-state index contributed by atoms with van der Waals surface area (Å²) in [5, 5.41) is 6.62. The lowest BCUT2D eigenvalue weighted by molar-refractivity contribution is 0.776. The van der Waals surface area contributed by atoms with Crippen molar-refractivity contribution >= 4 is 33.2 Å². The van der Waals surface area contributed by atoms with Gasteiger partial charge in [0.1, 0.15) is 10.7 Å². The molecule has 0 amide bonds. The Hall–Kier alpha value is -1.66. The predicted octanol–water partition coefficient (Wildman–Crippen LogP) is 2.12. The van der Waals surface area contributed by atoms with Crippen molar-refractivity contribution in [1.82, 2.24) is 19.7 Å². The second-order valence-corrected chi connectivity index (χ2v) is 4.94. The number of aromatic nitrogens is 4. The minimum absolute atomic E-state index is 0.159. The third kappa shape index (κ3) is 1.65. The molecule has 7 heteroatoms. The molecule has 18 heavy (non-hydrogen) atoms. The molecule has 0 atom stereocenters. The van der Waals surface area contributed by atoms with Crippen molar-refractivity contribution in [3.63, 3.8) is 0 Å². The molecule has 0 saturated heterocycles. The number of aryl methyl sites for hydroxylation is 1. The van der Waals surface area contributed by atoms with E-state index in [4.69, 9.17) is 11.6 Å². The summed E-state index contributed by atoms with van der Waals surface area (Å²) >= 11 is 7.12. The fraction of sp³-hybridized carbons (Fsp3) is 0.182. The van der Waals surface area contributed by atoms with Crippen LogP contribution in [-0.4, -0.2) is 19.7 Å². The third-order valence-corrected chi connectivity index (χ3v) is 3.84. The van der Waals surface area contributed by atoms with Gasteiger partial charge in [-0.25, -0.2) is 4.98 Å². The van der Waals surface area contributed by atoms with Gasteiger partial charge in [0.15, 0.2) is 0 Å². The first-order chi connectivity index (χ1) is 8.70. The molecule has 0 aromatic carbocycles. The van der Waals surface area contributed by atoms with Gasteiger partial charge in [0.2, 0.25) is 0 Å². The first-order valence-electron chi connectivity index (χ1n) is 5.25. The molecule has 3 heterocycles. The molecule has 0 radical (unpaired) electrons. The van der Waals surface area contributed by atoms with Crippen LogP contribution in [-0.2, 0) is 12.9 Å². The van der Waals surface area contributed by atoms with E-state index in [1.807, 2.05) is 18.5 Å². The lowest BCUT2D eigenvalue weighted by Crippen LogP contribution is -2.10. The van der Waals surface area contributed by atoms with Gasteiger partial charge in [0.25, 0.3) is 5.56 Å². The fourth-order valence-electron chi connectivity index (χ4n) is 1.88. The van der Waals surface area contributed by atoms with E-state index in [-0.39, 0.29) is 11.4 Å². The Balaban J connectivity index is 2.34. The van der Waals surface area contributed by atoms with Crippen LogP contribution in [0.2, 0.25) is 0 Å². The number of nitrogens with one attached hydrogen (secondary N) is 1. The van der Waals surface area contributed by atoms with Crippen LogP contribution in [0, 0.1) is 0 Å². The Morgan fingerprint density at radius 2 is 2.39 bits per heavy atom. The van der Waals surface area contributed by atoms with E-state index in [1.54, 1.807) is 10.9 Å². The lowest BCUT2D eigenvalue weighted by Gasteiger charge is -2.00. The summed E-state index contributed by atoms with van der Waals surface area (Å²) in [6.07, 6.45) is 1.70. The highest BCUT2D eigenvalue weighted by atomic mass is 35.5. The van der Waals surface area contributed by atoms with Gasteiger partial charge in [-0.1, -0.05) is 0 Å². The second-order valence-electron chi connectivity index (χ2n) is 3.82. The first-order valence-corrected chi connectivity index (χ1v) is 6.67. The standard InChI is InChI=1S/C11H9ClN4OS/c1-16-7(2-3-13-16)6-5-18-11-9(6)10(17)14-8(4-12)15-11/h2-3,5H,4H2,1H3,(H,14,15,17). The Morgan fingerprint density at radius 1 is 1.56 bits per heavy atom. The number of rotatable bonds is 2. The molecule has 0 spiro atoms. The van der Waals surface area contributed by atoms with Gasteiger partial charge in [-0.2, -0.15) is 5.10 Å². The molecule has 0 bridgehead atoms. The summed E-state index contributed by atoms with van der Waals surface area (Å²) in [6.45, 7) is 0. The quantitative estimate of drug-likeness (QED) is 0.732. The predicted molar refractivity (Wildman–Crippen MR) is 72.0 cm³/mol. The number of nitrogens with zero attached hydrogens (tertiary/aromatic N) is 3. The second kappa shape index (κ2) is 4.22. The van der Waals surface area contributed by atoms with Crippen LogP contribution >= 0.6 is 22.9 Å². The molecule has 0 fully saturated rings. The maximum absolute atomic E-state index is 12.1. The SMILES string of the molecule is Cn1nccc1-c1csc2nc(CCl)[nH]c(=O)c12. The van der Waals surface area contributed by atoms with Crippen LogP contribution in [0.5, 0.6) is 0 Å². The van der Waals surface area contributed by atoms with Gasteiger partial charge in [0, 0.05) is 24.2 Å². The van der Waals surface area contributed by atoms with Crippen molar-refractivity contribution in [1.29, 1.82) is 0 Å². The highest BCUT2D eigenvalue weighted by molar-refractivity contribution is 7.17. The van der Waals surface area contributed by atoms with E-state index in [2.05, 4.69) is 15.1 Å². The third-order valence-electron chi connectivity index (χ3n) is 2.72. The van der Waals surface area contributed by atoms with Gasteiger partial charge in [-0.05, 0) is 6.07 Å². The zero-order valence-corrected chi connectivity index (χ0v) is 11.0. The number of alkyl halides is 1. The van der Waals surface area contributed by atoms with Crippen molar-refractivity contribution in [3.8, 4) is 11.3 Å². The van der Waals surface area contributed by atoms with E-state index in [0.29, 0.717) is 16.0 Å². The maximum Gasteiger partial charge on any atom is 0.260 e. The van der Waals surface area contributed by atoms with Gasteiger partial charge >= 0.3 is 0 Å². The summed E-state index contributed by atoms with van der Waals surface area (Å²) in [5.41, 5.74) is 1.59. The van der Waals surface area contributed by atoms with Crippen LogP contribution in [0.1, 0.15) is 5.82 Å². The Kier molecular flexibility index (Phi) is 2.68. The highest BCUT2D eigenvalue weighted by Crippen LogP contribution is 2.30. The zero-order chi connectivity index (χ0) is 12.7. The average molecular weight is 281 g/mol. The van der Waals surface area contributed by atoms with E-state index < -0.39 is 0 Å². The molecule has 3 aromatic rings. The summed E-state index contributed by atoms with van der Waals surface area (Å²) in [6, 6.07) is 1.87. The smallest absolute Gasteiger partial charge is 0.260 e. The van der Waals surface area contributed by atoms with Gasteiger partial charge < -0.3 is 4.98 Å². The van der Waals surface area contributed by atoms with E-state index in [1.165, 1.54) is 11.3 Å². The number of hydrogen-bond donors (Lipinski definition) is 1. The number of thiophene rings is 1. The summed E-state index contributed by atoms with van der Waals surface area (Å²) < 4.78 is 1.73. The molecule has 5 nitrogen and oxygen atoms in total. The molecular formula is C11H9ClN4OS. The normalized spacial score (nSPS) is 11.2. The molecule has 3 rings (SSSR count). The molecule has 0 aliphatic heterocycles. The van der Waals surface area contributed by atoms with E-state index in [0.717, 1.165) is 11.3 Å². The zero-order valence-electron chi connectivity index (χ0n) is 9.48. The largest absolute Gasteiger partial charge is 0.309 e. The van der Waals surface area contributed by atoms with Crippen molar-refractivity contribution in [3.05, 3.63) is 33.8 Å². The number of aromatic amines is 1. The number of fused-ring (bicyclic) bond motifs is 1. The van der Waals surface area contributed by atoms with Crippen molar-refractivity contribution < 1.29 is 0 Å². The highest BCUT2D eigenvalue weighted by Gasteiger charge is 2.14. The molecular weight excluding hydrogens is 272 g/mol. The molecule has 1 N–H and O–H groups in total. The minimum Gasteiger partial charge on any atom is -0.309 e. The molecule has 92 valence electrons. The summed E-state index contributed by atoms with van der Waals surface area (Å²) in [5.74, 6) is 0.692. The monoisotopic (exact) mass is 280 g/mol. The molecule has 0 aliphatic carbocycles. The molecule has 0 saturated carbocycles. The average Bonchev–Trinajstić information content (AvgIpc) is 2.94. The Bertz CT molecular complexity index is 773. The Labute approximate surface area is 111 Å². The fourth-order valence-corrected chi connectivity index (χ4v) is 2.96. The number of H-pyrrole nitrogens is 1. The number of hydrogen-bond acceptors (Lipinski definition) is 4. The van der Waals surface area contributed by atoms with Gasteiger partial charge in [0.05, 0.1) is 17.0 Å². The molecule has 3 aromatic heterocycles. The maximum atomic E-state index is 12.1. The van der Waals surface area contributed by atoms with Crippen molar-refractivity contribution in [2.75, 3.05) is 0 Å². The molecule has 0 unspecified atom stereocenters. The minimum atomic E-state index is -0.159. The van der Waals surface area contributed by atoms with E-state index >= 15 is 0 Å². The first kappa shape index (κ1) is 11.4. The van der Waals surface area contributed by atoms with Crippen molar-refractivity contribution in [2.45, 2.75) is 5.88 Å². The molecule has 0 aliphatic rings. The van der Waals surface area contributed by atoms with Crippen LogP contribution in [0.3, 0.4) is 0 Å². The van der Waals surface area contributed by atoms with Crippen LogP contribution in [0.4, 0.5) is 0 Å². The van der Waals surface area contributed by atoms with Crippen LogP contribution in [0.25, 0.3) is 21.5 Å². The van der Waals surface area contributed by atoms with Crippen molar-refractivity contribution in [2.24, 2.45) is 7.05 Å². The van der Waals surface area contributed by atoms with Crippen LogP contribution < -0.4 is 5.56 Å². The summed E-state index contributed by atoms with van der Waals surface area (Å²) in [7, 11) is 1.84.